The molecular weight excluding hydrogens is 441 g/mol. The third-order valence-corrected chi connectivity index (χ3v) is 6.06. The van der Waals surface area contributed by atoms with Gasteiger partial charge in [0.1, 0.15) is 11.4 Å². The molecule has 1 aliphatic heterocycles. The van der Waals surface area contributed by atoms with Crippen molar-refractivity contribution in [3.63, 3.8) is 0 Å². The Morgan fingerprint density at radius 2 is 1.94 bits per heavy atom. The van der Waals surface area contributed by atoms with E-state index in [-0.39, 0.29) is 24.3 Å². The SMILES string of the molecule is Cc1ccc([C@@H]2C[C@H](C(F)(F)F)n3ncc(C(=O)NCc4ccc(C)c(Cl)c4)c3N2)cc1. The van der Waals surface area contributed by atoms with Crippen LogP contribution in [0.25, 0.3) is 0 Å². The molecule has 4 rings (SSSR count). The molecular formula is C23H22ClF3N4O. The largest absolute Gasteiger partial charge is 0.410 e. The maximum atomic E-state index is 13.8. The fourth-order valence-electron chi connectivity index (χ4n) is 3.77. The lowest BCUT2D eigenvalue weighted by atomic mass is 9.96. The van der Waals surface area contributed by atoms with Crippen LogP contribution in [0.15, 0.2) is 48.7 Å². The number of aryl methyl sites for hydroxylation is 2. The normalized spacial score (nSPS) is 18.1. The first-order valence-corrected chi connectivity index (χ1v) is 10.5. The summed E-state index contributed by atoms with van der Waals surface area (Å²) in [5.74, 6) is -0.454. The van der Waals surface area contributed by atoms with Crippen LogP contribution in [0, 0.1) is 13.8 Å². The number of anilines is 1. The fraction of sp³-hybridized carbons (Fsp3) is 0.304. The van der Waals surface area contributed by atoms with Gasteiger partial charge in [0.2, 0.25) is 0 Å². The Morgan fingerprint density at radius 1 is 1.22 bits per heavy atom. The van der Waals surface area contributed by atoms with E-state index in [1.54, 1.807) is 18.2 Å². The highest BCUT2D eigenvalue weighted by Crippen LogP contribution is 2.44. The zero-order valence-corrected chi connectivity index (χ0v) is 18.3. The number of halogens is 4. The number of amides is 1. The summed E-state index contributed by atoms with van der Waals surface area (Å²) in [6.07, 6.45) is -3.54. The predicted molar refractivity (Wildman–Crippen MR) is 117 cm³/mol. The van der Waals surface area contributed by atoms with E-state index >= 15 is 0 Å². The zero-order chi connectivity index (χ0) is 23.0. The van der Waals surface area contributed by atoms with Gasteiger partial charge in [-0.3, -0.25) is 4.79 Å². The molecule has 0 aliphatic carbocycles. The Balaban J connectivity index is 1.60. The van der Waals surface area contributed by atoms with Crippen LogP contribution in [-0.2, 0) is 6.54 Å². The number of rotatable bonds is 4. The highest BCUT2D eigenvalue weighted by Gasteiger charge is 2.47. The number of alkyl halides is 3. The van der Waals surface area contributed by atoms with Gasteiger partial charge in [0, 0.05) is 18.0 Å². The van der Waals surface area contributed by atoms with Crippen LogP contribution in [0.4, 0.5) is 19.0 Å². The van der Waals surface area contributed by atoms with Gasteiger partial charge < -0.3 is 10.6 Å². The van der Waals surface area contributed by atoms with Crippen molar-refractivity contribution >= 4 is 23.3 Å². The lowest BCUT2D eigenvalue weighted by Crippen LogP contribution is -2.36. The second-order valence-electron chi connectivity index (χ2n) is 8.02. The third kappa shape index (κ3) is 4.46. The average Bonchev–Trinajstić information content (AvgIpc) is 3.17. The molecule has 9 heteroatoms. The first kappa shape index (κ1) is 22.2. The number of hydrogen-bond donors (Lipinski definition) is 2. The molecule has 2 atom stereocenters. The summed E-state index contributed by atoms with van der Waals surface area (Å²) in [6, 6.07) is 10.3. The van der Waals surface area contributed by atoms with Crippen LogP contribution in [0.1, 0.15) is 51.1 Å². The molecule has 32 heavy (non-hydrogen) atoms. The van der Waals surface area contributed by atoms with Crippen LogP contribution in [-0.4, -0.2) is 21.9 Å². The van der Waals surface area contributed by atoms with E-state index in [4.69, 9.17) is 11.6 Å². The van der Waals surface area contributed by atoms with E-state index in [0.29, 0.717) is 5.02 Å². The van der Waals surface area contributed by atoms with Crippen LogP contribution in [0.5, 0.6) is 0 Å². The number of benzene rings is 2. The zero-order valence-electron chi connectivity index (χ0n) is 17.5. The van der Waals surface area contributed by atoms with Crippen molar-refractivity contribution in [2.45, 2.75) is 45.1 Å². The summed E-state index contributed by atoms with van der Waals surface area (Å²) in [4.78, 5) is 12.8. The Kier molecular flexibility index (Phi) is 5.90. The van der Waals surface area contributed by atoms with Gasteiger partial charge in [-0.15, -0.1) is 0 Å². The van der Waals surface area contributed by atoms with Crippen molar-refractivity contribution in [2.75, 3.05) is 5.32 Å². The second-order valence-corrected chi connectivity index (χ2v) is 8.43. The summed E-state index contributed by atoms with van der Waals surface area (Å²) in [5, 5.41) is 10.3. The van der Waals surface area contributed by atoms with Gasteiger partial charge in [-0.05, 0) is 36.6 Å². The number of carbonyl (C=O) groups excluding carboxylic acids is 1. The summed E-state index contributed by atoms with van der Waals surface area (Å²) in [7, 11) is 0. The number of fused-ring (bicyclic) bond motifs is 1. The van der Waals surface area contributed by atoms with E-state index in [1.165, 1.54) is 6.20 Å². The van der Waals surface area contributed by atoms with E-state index < -0.39 is 24.2 Å². The smallest absolute Gasteiger partial charge is 0.363 e. The summed E-state index contributed by atoms with van der Waals surface area (Å²) >= 11 is 6.12. The van der Waals surface area contributed by atoms with Crippen molar-refractivity contribution in [3.05, 3.63) is 81.5 Å². The van der Waals surface area contributed by atoms with E-state index in [2.05, 4.69) is 15.7 Å². The lowest BCUT2D eigenvalue weighted by molar-refractivity contribution is -0.173. The molecule has 2 N–H and O–H groups in total. The second kappa shape index (κ2) is 8.50. The van der Waals surface area contributed by atoms with Crippen molar-refractivity contribution < 1.29 is 18.0 Å². The lowest BCUT2D eigenvalue weighted by Gasteiger charge is -2.34. The highest BCUT2D eigenvalue weighted by molar-refractivity contribution is 6.31. The first-order chi connectivity index (χ1) is 15.1. The Bertz CT molecular complexity index is 1140. The molecule has 0 bridgehead atoms. The maximum absolute atomic E-state index is 13.8. The number of aromatic nitrogens is 2. The quantitative estimate of drug-likeness (QED) is 0.519. The molecule has 1 amide bonds. The van der Waals surface area contributed by atoms with Crippen molar-refractivity contribution in [1.82, 2.24) is 15.1 Å². The van der Waals surface area contributed by atoms with Gasteiger partial charge in [0.15, 0.2) is 6.04 Å². The van der Waals surface area contributed by atoms with Crippen LogP contribution < -0.4 is 10.6 Å². The molecule has 5 nitrogen and oxygen atoms in total. The van der Waals surface area contributed by atoms with E-state index in [0.717, 1.165) is 26.9 Å². The summed E-state index contributed by atoms with van der Waals surface area (Å²) in [6.45, 7) is 3.97. The van der Waals surface area contributed by atoms with E-state index in [9.17, 15) is 18.0 Å². The molecule has 168 valence electrons. The molecule has 3 aromatic rings. The van der Waals surface area contributed by atoms with Crippen molar-refractivity contribution in [1.29, 1.82) is 0 Å². The Labute approximate surface area is 188 Å². The summed E-state index contributed by atoms with van der Waals surface area (Å²) in [5.41, 5.74) is 3.50. The molecule has 0 spiro atoms. The molecule has 0 saturated carbocycles. The topological polar surface area (TPSA) is 59.0 Å². The molecule has 0 unspecified atom stereocenters. The molecule has 0 radical (unpaired) electrons. The maximum Gasteiger partial charge on any atom is 0.410 e. The first-order valence-electron chi connectivity index (χ1n) is 10.1. The highest BCUT2D eigenvalue weighted by atomic mass is 35.5. The van der Waals surface area contributed by atoms with Crippen LogP contribution >= 0.6 is 11.6 Å². The van der Waals surface area contributed by atoms with Gasteiger partial charge in [-0.1, -0.05) is 53.6 Å². The van der Waals surface area contributed by atoms with Crippen LogP contribution in [0.2, 0.25) is 5.02 Å². The molecule has 1 aromatic heterocycles. The van der Waals surface area contributed by atoms with Crippen LogP contribution in [0.3, 0.4) is 0 Å². The number of nitrogens with one attached hydrogen (secondary N) is 2. The minimum atomic E-state index is -4.50. The molecule has 1 aliphatic rings. The molecule has 2 heterocycles. The summed E-state index contributed by atoms with van der Waals surface area (Å²) < 4.78 is 42.3. The standard InChI is InChI=1S/C23H22ClF3N4O/c1-13-3-7-16(8-4-13)19-10-20(23(25,26)27)31-21(30-19)17(12-29-31)22(32)28-11-15-6-5-14(2)18(24)9-15/h3-9,12,19-20,30H,10-11H2,1-2H3,(H,28,32)/t19-,20+/m0/s1. The minimum Gasteiger partial charge on any atom is -0.363 e. The van der Waals surface area contributed by atoms with Gasteiger partial charge in [0.25, 0.3) is 5.91 Å². The van der Waals surface area contributed by atoms with E-state index in [1.807, 2.05) is 38.1 Å². The molecule has 0 saturated heterocycles. The monoisotopic (exact) mass is 462 g/mol. The predicted octanol–water partition coefficient (Wildman–Crippen LogP) is 5.74. The fourth-order valence-corrected chi connectivity index (χ4v) is 3.97. The Hall–Kier alpha value is -3.00. The Morgan fingerprint density at radius 3 is 2.59 bits per heavy atom. The van der Waals surface area contributed by atoms with Gasteiger partial charge in [-0.25, -0.2) is 4.68 Å². The number of nitrogens with zero attached hydrogens (tertiary/aromatic N) is 2. The molecule has 2 aromatic carbocycles. The van der Waals surface area contributed by atoms with Crippen molar-refractivity contribution in [2.24, 2.45) is 0 Å². The average molecular weight is 463 g/mol. The number of carbonyl (C=O) groups is 1. The van der Waals surface area contributed by atoms with Gasteiger partial charge in [-0.2, -0.15) is 18.3 Å². The van der Waals surface area contributed by atoms with Gasteiger partial charge >= 0.3 is 6.18 Å². The number of hydrogen-bond acceptors (Lipinski definition) is 3. The van der Waals surface area contributed by atoms with Crippen molar-refractivity contribution in [3.8, 4) is 0 Å². The third-order valence-electron chi connectivity index (χ3n) is 5.65. The molecule has 0 fully saturated rings. The van der Waals surface area contributed by atoms with Gasteiger partial charge in [0.05, 0.1) is 12.2 Å². The minimum absolute atomic E-state index is 0.0589.